The molecule has 3 heteroatoms. The number of carbonyl (C=O) groups is 1. The Morgan fingerprint density at radius 3 is 2.50 bits per heavy atom. The molecule has 94 valence electrons. The summed E-state index contributed by atoms with van der Waals surface area (Å²) >= 11 is 0. The standard InChI is InChI=1S/C13H26N2O/c1-4-6-10-14-12(16)11(3)15-13(5-2)8-7-9-13/h11,15H,4-10H2,1-3H3,(H,14,16). The summed E-state index contributed by atoms with van der Waals surface area (Å²) in [4.78, 5) is 11.8. The van der Waals surface area contributed by atoms with Crippen molar-refractivity contribution in [2.45, 2.75) is 70.9 Å². The van der Waals surface area contributed by atoms with Crippen LogP contribution in [-0.2, 0) is 4.79 Å². The molecule has 0 radical (unpaired) electrons. The molecule has 2 N–H and O–H groups in total. The highest BCUT2D eigenvalue weighted by molar-refractivity contribution is 5.81. The predicted octanol–water partition coefficient (Wildman–Crippen LogP) is 2.21. The molecule has 1 amide bonds. The van der Waals surface area contributed by atoms with E-state index < -0.39 is 0 Å². The molecule has 0 heterocycles. The van der Waals surface area contributed by atoms with Gasteiger partial charge in [0.15, 0.2) is 0 Å². The molecule has 1 fully saturated rings. The van der Waals surface area contributed by atoms with Crippen molar-refractivity contribution in [3.05, 3.63) is 0 Å². The average molecular weight is 226 g/mol. The van der Waals surface area contributed by atoms with Gasteiger partial charge in [0.25, 0.3) is 0 Å². The van der Waals surface area contributed by atoms with Crippen molar-refractivity contribution in [3.8, 4) is 0 Å². The zero-order valence-corrected chi connectivity index (χ0v) is 10.9. The quantitative estimate of drug-likeness (QED) is 0.654. The number of hydrogen-bond acceptors (Lipinski definition) is 2. The Hall–Kier alpha value is -0.570. The fourth-order valence-electron chi connectivity index (χ4n) is 2.27. The molecular formula is C13H26N2O. The summed E-state index contributed by atoms with van der Waals surface area (Å²) in [5.41, 5.74) is 0.252. The summed E-state index contributed by atoms with van der Waals surface area (Å²) < 4.78 is 0. The molecule has 0 aromatic heterocycles. The van der Waals surface area contributed by atoms with E-state index in [9.17, 15) is 4.79 Å². The van der Waals surface area contributed by atoms with Crippen LogP contribution in [0.3, 0.4) is 0 Å². The van der Waals surface area contributed by atoms with E-state index in [4.69, 9.17) is 0 Å². The van der Waals surface area contributed by atoms with Crippen LogP contribution < -0.4 is 10.6 Å². The van der Waals surface area contributed by atoms with Crippen LogP contribution in [-0.4, -0.2) is 24.0 Å². The minimum Gasteiger partial charge on any atom is -0.355 e. The fourth-order valence-corrected chi connectivity index (χ4v) is 2.27. The molecular weight excluding hydrogens is 200 g/mol. The number of carbonyl (C=O) groups excluding carboxylic acids is 1. The van der Waals surface area contributed by atoms with Gasteiger partial charge in [0, 0.05) is 12.1 Å². The highest BCUT2D eigenvalue weighted by Crippen LogP contribution is 2.34. The Balaban J connectivity index is 2.27. The van der Waals surface area contributed by atoms with E-state index in [-0.39, 0.29) is 17.5 Å². The molecule has 3 nitrogen and oxygen atoms in total. The lowest BCUT2D eigenvalue weighted by atomic mass is 9.74. The maximum absolute atomic E-state index is 11.8. The summed E-state index contributed by atoms with van der Waals surface area (Å²) in [6.07, 6.45) is 7.05. The molecule has 16 heavy (non-hydrogen) atoms. The van der Waals surface area contributed by atoms with Crippen molar-refractivity contribution < 1.29 is 4.79 Å². The first-order valence-corrected chi connectivity index (χ1v) is 6.69. The second-order valence-electron chi connectivity index (χ2n) is 5.00. The van der Waals surface area contributed by atoms with Gasteiger partial charge in [-0.2, -0.15) is 0 Å². The van der Waals surface area contributed by atoms with Crippen molar-refractivity contribution in [2.24, 2.45) is 0 Å². The Morgan fingerprint density at radius 2 is 2.06 bits per heavy atom. The maximum Gasteiger partial charge on any atom is 0.236 e. The van der Waals surface area contributed by atoms with Crippen LogP contribution in [0.1, 0.15) is 59.3 Å². The van der Waals surface area contributed by atoms with E-state index in [0.717, 1.165) is 25.8 Å². The van der Waals surface area contributed by atoms with Gasteiger partial charge in [-0.1, -0.05) is 20.3 Å². The maximum atomic E-state index is 11.8. The van der Waals surface area contributed by atoms with Gasteiger partial charge < -0.3 is 10.6 Å². The number of unbranched alkanes of at least 4 members (excludes halogenated alkanes) is 1. The van der Waals surface area contributed by atoms with E-state index in [1.807, 2.05) is 6.92 Å². The molecule has 1 unspecified atom stereocenters. The van der Waals surface area contributed by atoms with E-state index >= 15 is 0 Å². The summed E-state index contributed by atoms with van der Waals surface area (Å²) in [6, 6.07) is -0.0582. The van der Waals surface area contributed by atoms with Gasteiger partial charge in [-0.25, -0.2) is 0 Å². The third-order valence-corrected chi connectivity index (χ3v) is 3.73. The summed E-state index contributed by atoms with van der Waals surface area (Å²) in [5, 5.41) is 6.47. The van der Waals surface area contributed by atoms with E-state index in [1.165, 1.54) is 19.3 Å². The molecule has 0 aliphatic heterocycles. The second-order valence-corrected chi connectivity index (χ2v) is 5.00. The van der Waals surface area contributed by atoms with Crippen molar-refractivity contribution >= 4 is 5.91 Å². The number of nitrogens with one attached hydrogen (secondary N) is 2. The van der Waals surface area contributed by atoms with Gasteiger partial charge in [0.05, 0.1) is 6.04 Å². The Kier molecular flexibility index (Phi) is 5.26. The van der Waals surface area contributed by atoms with Gasteiger partial charge >= 0.3 is 0 Å². The predicted molar refractivity (Wildman–Crippen MR) is 67.4 cm³/mol. The van der Waals surface area contributed by atoms with E-state index in [2.05, 4.69) is 24.5 Å². The minimum atomic E-state index is -0.0582. The molecule has 1 aliphatic carbocycles. The molecule has 0 saturated heterocycles. The normalized spacial score (nSPS) is 19.9. The van der Waals surface area contributed by atoms with Crippen LogP contribution in [0, 0.1) is 0 Å². The number of hydrogen-bond donors (Lipinski definition) is 2. The first-order chi connectivity index (χ1) is 7.63. The van der Waals surface area contributed by atoms with Crippen LogP contribution in [0.5, 0.6) is 0 Å². The molecule has 1 atom stereocenters. The van der Waals surface area contributed by atoms with Gasteiger partial charge in [0.2, 0.25) is 5.91 Å². The zero-order valence-electron chi connectivity index (χ0n) is 10.9. The zero-order chi connectivity index (χ0) is 12.0. The lowest BCUT2D eigenvalue weighted by molar-refractivity contribution is -0.123. The van der Waals surface area contributed by atoms with Gasteiger partial charge in [-0.15, -0.1) is 0 Å². The Morgan fingerprint density at radius 1 is 1.38 bits per heavy atom. The molecule has 0 aromatic rings. The lowest BCUT2D eigenvalue weighted by Gasteiger charge is -2.44. The van der Waals surface area contributed by atoms with Gasteiger partial charge in [-0.05, 0) is 39.0 Å². The fraction of sp³-hybridized carbons (Fsp3) is 0.923. The van der Waals surface area contributed by atoms with E-state index in [0.29, 0.717) is 0 Å². The van der Waals surface area contributed by atoms with Gasteiger partial charge in [0.1, 0.15) is 0 Å². The SMILES string of the molecule is CCCCNC(=O)C(C)NC1(CC)CCC1. The molecule has 0 bridgehead atoms. The lowest BCUT2D eigenvalue weighted by Crippen LogP contribution is -2.57. The Labute approximate surface area is 99.4 Å². The second kappa shape index (κ2) is 6.24. The summed E-state index contributed by atoms with van der Waals surface area (Å²) in [5.74, 6) is 0.146. The number of amides is 1. The van der Waals surface area contributed by atoms with Gasteiger partial charge in [-0.3, -0.25) is 4.79 Å². The van der Waals surface area contributed by atoms with Crippen LogP contribution in [0.25, 0.3) is 0 Å². The topological polar surface area (TPSA) is 41.1 Å². The molecule has 1 aliphatic rings. The molecule has 0 aromatic carbocycles. The summed E-state index contributed by atoms with van der Waals surface area (Å²) in [7, 11) is 0. The van der Waals surface area contributed by atoms with Crippen LogP contribution in [0.2, 0.25) is 0 Å². The largest absolute Gasteiger partial charge is 0.355 e. The summed E-state index contributed by atoms with van der Waals surface area (Å²) in [6.45, 7) is 7.11. The third-order valence-electron chi connectivity index (χ3n) is 3.73. The first-order valence-electron chi connectivity index (χ1n) is 6.69. The van der Waals surface area contributed by atoms with Crippen molar-refractivity contribution in [3.63, 3.8) is 0 Å². The highest BCUT2D eigenvalue weighted by Gasteiger charge is 2.36. The van der Waals surface area contributed by atoms with Crippen LogP contribution in [0.4, 0.5) is 0 Å². The average Bonchev–Trinajstić information content (AvgIpc) is 2.23. The number of rotatable bonds is 7. The minimum absolute atomic E-state index is 0.0582. The smallest absolute Gasteiger partial charge is 0.236 e. The molecule has 1 rings (SSSR count). The Bertz CT molecular complexity index is 218. The molecule has 0 spiro atoms. The van der Waals surface area contributed by atoms with Crippen molar-refractivity contribution in [1.29, 1.82) is 0 Å². The molecule has 1 saturated carbocycles. The first kappa shape index (κ1) is 13.5. The van der Waals surface area contributed by atoms with Crippen LogP contribution in [0.15, 0.2) is 0 Å². The van der Waals surface area contributed by atoms with E-state index in [1.54, 1.807) is 0 Å². The van der Waals surface area contributed by atoms with Crippen molar-refractivity contribution in [2.75, 3.05) is 6.54 Å². The third kappa shape index (κ3) is 3.48. The highest BCUT2D eigenvalue weighted by atomic mass is 16.2. The monoisotopic (exact) mass is 226 g/mol. The van der Waals surface area contributed by atoms with Crippen LogP contribution >= 0.6 is 0 Å². The van der Waals surface area contributed by atoms with Crippen molar-refractivity contribution in [1.82, 2.24) is 10.6 Å².